The predicted octanol–water partition coefficient (Wildman–Crippen LogP) is 3.11. The van der Waals surface area contributed by atoms with Gasteiger partial charge in [-0.05, 0) is 34.3 Å². The van der Waals surface area contributed by atoms with E-state index < -0.39 is 0 Å². The highest BCUT2D eigenvalue weighted by Crippen LogP contribution is 2.23. The second kappa shape index (κ2) is 4.66. The molecule has 0 bridgehead atoms. The summed E-state index contributed by atoms with van der Waals surface area (Å²) >= 11 is 4.99. The second-order valence-electron chi connectivity index (χ2n) is 3.74. The maximum atomic E-state index is 5.59. The van der Waals surface area contributed by atoms with Crippen molar-refractivity contribution in [1.82, 2.24) is 20.0 Å². The van der Waals surface area contributed by atoms with Crippen LogP contribution in [-0.2, 0) is 6.54 Å². The molecule has 0 fully saturated rings. The van der Waals surface area contributed by atoms with E-state index in [1.54, 1.807) is 16.0 Å². The Morgan fingerprint density at radius 2 is 2.33 bits per heavy atom. The number of hydrogen-bond acceptors (Lipinski definition) is 5. The Morgan fingerprint density at radius 3 is 3.00 bits per heavy atom. The van der Waals surface area contributed by atoms with E-state index in [9.17, 15) is 0 Å². The van der Waals surface area contributed by atoms with Crippen molar-refractivity contribution in [1.29, 1.82) is 0 Å². The summed E-state index contributed by atoms with van der Waals surface area (Å²) in [4.78, 5) is 0.978. The van der Waals surface area contributed by atoms with E-state index in [1.165, 1.54) is 0 Å². The molecule has 18 heavy (non-hydrogen) atoms. The van der Waals surface area contributed by atoms with Gasteiger partial charge in [0, 0.05) is 6.20 Å². The number of aryl methyl sites for hydroxylation is 1. The molecule has 0 saturated heterocycles. The molecule has 0 radical (unpaired) electrons. The van der Waals surface area contributed by atoms with Crippen LogP contribution in [0.2, 0.25) is 0 Å². The van der Waals surface area contributed by atoms with Crippen LogP contribution in [0.25, 0.3) is 10.8 Å². The third-order valence-electron chi connectivity index (χ3n) is 2.38. The Hall–Kier alpha value is -1.47. The molecule has 0 aliphatic carbocycles. The van der Waals surface area contributed by atoms with Gasteiger partial charge in [-0.15, -0.1) is 21.5 Å². The predicted molar refractivity (Wildman–Crippen MR) is 71.4 cm³/mol. The van der Waals surface area contributed by atoms with Crippen LogP contribution < -0.4 is 0 Å². The Bertz CT molecular complexity index is 639. The molecular formula is C11H9BrN4OS. The molecule has 3 aromatic heterocycles. The van der Waals surface area contributed by atoms with Gasteiger partial charge in [-0.1, -0.05) is 6.07 Å². The van der Waals surface area contributed by atoms with E-state index in [-0.39, 0.29) is 0 Å². The summed E-state index contributed by atoms with van der Waals surface area (Å²) in [6.07, 6.45) is 1.89. The highest BCUT2D eigenvalue weighted by Gasteiger charge is 2.10. The van der Waals surface area contributed by atoms with Gasteiger partial charge in [0.2, 0.25) is 5.89 Å². The maximum Gasteiger partial charge on any atom is 0.257 e. The van der Waals surface area contributed by atoms with Crippen LogP contribution in [0.1, 0.15) is 11.6 Å². The molecule has 0 aliphatic rings. The lowest BCUT2D eigenvalue weighted by atomic mass is 10.5. The minimum atomic E-state index is 0.477. The summed E-state index contributed by atoms with van der Waals surface area (Å²) in [7, 11) is 0. The molecule has 3 rings (SSSR count). The van der Waals surface area contributed by atoms with Crippen LogP contribution in [-0.4, -0.2) is 20.0 Å². The first-order valence-corrected chi connectivity index (χ1v) is 6.95. The van der Waals surface area contributed by atoms with Gasteiger partial charge in [-0.3, -0.25) is 4.68 Å². The highest BCUT2D eigenvalue weighted by molar-refractivity contribution is 9.10. The molecule has 7 heteroatoms. The molecule has 0 unspecified atom stereocenters. The first kappa shape index (κ1) is 11.6. The average Bonchev–Trinajstić information content (AvgIpc) is 3.02. The molecule has 0 atom stereocenters. The van der Waals surface area contributed by atoms with Crippen LogP contribution in [0.5, 0.6) is 0 Å². The van der Waals surface area contributed by atoms with Gasteiger partial charge in [0.15, 0.2) is 0 Å². The van der Waals surface area contributed by atoms with Crippen molar-refractivity contribution in [2.45, 2.75) is 13.5 Å². The number of nitrogens with zero attached hydrogens (tertiary/aromatic N) is 4. The molecule has 0 spiro atoms. The minimum absolute atomic E-state index is 0.477. The van der Waals surface area contributed by atoms with E-state index in [1.807, 2.05) is 30.6 Å². The summed E-state index contributed by atoms with van der Waals surface area (Å²) in [5.41, 5.74) is 0.938. The van der Waals surface area contributed by atoms with Crippen molar-refractivity contribution >= 4 is 27.3 Å². The monoisotopic (exact) mass is 324 g/mol. The van der Waals surface area contributed by atoms with E-state index >= 15 is 0 Å². The van der Waals surface area contributed by atoms with E-state index in [2.05, 4.69) is 31.2 Å². The van der Waals surface area contributed by atoms with Gasteiger partial charge in [-0.2, -0.15) is 5.10 Å². The molecule has 3 aromatic rings. The Labute approximate surface area is 116 Å². The standard InChI is InChI=1S/C11H9BrN4OS/c1-7-8(12)5-16(15-7)6-10-13-14-11(17-10)9-3-2-4-18-9/h2-5H,6H2,1H3. The van der Waals surface area contributed by atoms with Crippen LogP contribution >= 0.6 is 27.3 Å². The zero-order valence-corrected chi connectivity index (χ0v) is 11.9. The smallest absolute Gasteiger partial charge is 0.257 e. The van der Waals surface area contributed by atoms with Crippen molar-refractivity contribution in [3.63, 3.8) is 0 Å². The fourth-order valence-electron chi connectivity index (χ4n) is 1.53. The number of hydrogen-bond donors (Lipinski definition) is 0. The van der Waals surface area contributed by atoms with Crippen molar-refractivity contribution < 1.29 is 4.42 Å². The second-order valence-corrected chi connectivity index (χ2v) is 5.54. The third-order valence-corrected chi connectivity index (χ3v) is 4.02. The molecule has 0 amide bonds. The van der Waals surface area contributed by atoms with Crippen LogP contribution in [0.15, 0.2) is 32.6 Å². The van der Waals surface area contributed by atoms with Gasteiger partial charge in [0.25, 0.3) is 5.89 Å². The van der Waals surface area contributed by atoms with Crippen LogP contribution in [0, 0.1) is 6.92 Å². The number of aromatic nitrogens is 4. The molecule has 5 nitrogen and oxygen atoms in total. The van der Waals surface area contributed by atoms with Crippen molar-refractivity contribution in [3.05, 3.63) is 39.8 Å². The van der Waals surface area contributed by atoms with Gasteiger partial charge >= 0.3 is 0 Å². The maximum absolute atomic E-state index is 5.59. The van der Waals surface area contributed by atoms with Gasteiger partial charge in [0.05, 0.1) is 15.0 Å². The van der Waals surface area contributed by atoms with Gasteiger partial charge in [-0.25, -0.2) is 0 Å². The molecular weight excluding hydrogens is 316 g/mol. The Morgan fingerprint density at radius 1 is 1.44 bits per heavy atom. The quantitative estimate of drug-likeness (QED) is 0.742. The Balaban J connectivity index is 1.82. The Kier molecular flexibility index (Phi) is 3.00. The summed E-state index contributed by atoms with van der Waals surface area (Å²) in [6, 6.07) is 3.91. The lowest BCUT2D eigenvalue weighted by Crippen LogP contribution is -2.00. The van der Waals surface area contributed by atoms with E-state index in [0.29, 0.717) is 18.3 Å². The number of thiophene rings is 1. The lowest BCUT2D eigenvalue weighted by Gasteiger charge is -1.94. The highest BCUT2D eigenvalue weighted by atomic mass is 79.9. The normalized spacial score (nSPS) is 11.0. The molecule has 0 aliphatic heterocycles. The molecule has 3 heterocycles. The topological polar surface area (TPSA) is 56.7 Å². The van der Waals surface area contributed by atoms with E-state index in [4.69, 9.17) is 4.42 Å². The van der Waals surface area contributed by atoms with Crippen molar-refractivity contribution in [2.75, 3.05) is 0 Å². The van der Waals surface area contributed by atoms with Crippen molar-refractivity contribution in [2.24, 2.45) is 0 Å². The number of halogens is 1. The largest absolute Gasteiger partial charge is 0.418 e. The fraction of sp³-hybridized carbons (Fsp3) is 0.182. The number of rotatable bonds is 3. The summed E-state index contributed by atoms with van der Waals surface area (Å²) < 4.78 is 8.33. The SMILES string of the molecule is Cc1nn(Cc2nnc(-c3cccs3)o2)cc1Br. The van der Waals surface area contributed by atoms with Gasteiger partial charge < -0.3 is 4.42 Å². The molecule has 0 saturated carbocycles. The first-order chi connectivity index (χ1) is 8.72. The fourth-order valence-corrected chi connectivity index (χ4v) is 2.49. The zero-order chi connectivity index (χ0) is 12.5. The zero-order valence-electron chi connectivity index (χ0n) is 9.50. The van der Waals surface area contributed by atoms with Crippen LogP contribution in [0.3, 0.4) is 0 Å². The first-order valence-electron chi connectivity index (χ1n) is 5.28. The third kappa shape index (κ3) is 2.23. The van der Waals surface area contributed by atoms with Gasteiger partial charge in [0.1, 0.15) is 6.54 Å². The minimum Gasteiger partial charge on any atom is -0.418 e. The summed E-state index contributed by atoms with van der Waals surface area (Å²) in [5.74, 6) is 1.11. The van der Waals surface area contributed by atoms with Crippen LogP contribution in [0.4, 0.5) is 0 Å². The summed E-state index contributed by atoms with van der Waals surface area (Å²) in [6.45, 7) is 2.41. The average molecular weight is 325 g/mol. The van der Waals surface area contributed by atoms with Crippen molar-refractivity contribution in [3.8, 4) is 10.8 Å². The summed E-state index contributed by atoms with van der Waals surface area (Å²) in [5, 5.41) is 14.3. The molecule has 92 valence electrons. The molecule has 0 aromatic carbocycles. The molecule has 0 N–H and O–H groups in total. The lowest BCUT2D eigenvalue weighted by molar-refractivity contribution is 0.474. The van der Waals surface area contributed by atoms with E-state index in [0.717, 1.165) is 15.0 Å².